The summed E-state index contributed by atoms with van der Waals surface area (Å²) in [5.41, 5.74) is 1.43. The lowest BCUT2D eigenvalue weighted by Crippen LogP contribution is -2.35. The van der Waals surface area contributed by atoms with E-state index >= 15 is 0 Å². The fourth-order valence-electron chi connectivity index (χ4n) is 3.27. The summed E-state index contributed by atoms with van der Waals surface area (Å²) < 4.78 is 0. The lowest BCUT2D eigenvalue weighted by atomic mass is 9.72. The lowest BCUT2D eigenvalue weighted by Gasteiger charge is -2.39. The first-order valence-electron chi connectivity index (χ1n) is 6.25. The Balaban J connectivity index is 2.09. The van der Waals surface area contributed by atoms with Crippen molar-refractivity contribution < 1.29 is 0 Å². The zero-order valence-electron chi connectivity index (χ0n) is 9.79. The van der Waals surface area contributed by atoms with Crippen LogP contribution in [0, 0.1) is 17.8 Å². The Morgan fingerprint density at radius 2 is 2.07 bits per heavy atom. The van der Waals surface area contributed by atoms with Gasteiger partial charge in [0, 0.05) is 5.71 Å². The molecule has 2 rings (SSSR count). The lowest BCUT2D eigenvalue weighted by molar-refractivity contribution is 0.209. The van der Waals surface area contributed by atoms with Crippen LogP contribution in [0.4, 0.5) is 0 Å². The topological polar surface area (TPSA) is 12.4 Å². The summed E-state index contributed by atoms with van der Waals surface area (Å²) >= 11 is 0. The molecule has 4 unspecified atom stereocenters. The van der Waals surface area contributed by atoms with Crippen LogP contribution in [-0.4, -0.2) is 11.8 Å². The van der Waals surface area contributed by atoms with E-state index < -0.39 is 0 Å². The van der Waals surface area contributed by atoms with Gasteiger partial charge < -0.3 is 0 Å². The van der Waals surface area contributed by atoms with Crippen LogP contribution < -0.4 is 0 Å². The Morgan fingerprint density at radius 3 is 2.79 bits per heavy atom. The minimum absolute atomic E-state index is 0.689. The first-order chi connectivity index (χ1) is 6.70. The molecule has 0 amide bonds. The third-order valence-corrected chi connectivity index (χ3v) is 4.24. The van der Waals surface area contributed by atoms with Crippen LogP contribution in [0.15, 0.2) is 4.99 Å². The predicted molar refractivity (Wildman–Crippen MR) is 61.8 cm³/mol. The quantitative estimate of drug-likeness (QED) is 0.602. The number of rotatable bonds is 1. The van der Waals surface area contributed by atoms with Gasteiger partial charge in [-0.15, -0.1) is 0 Å². The Morgan fingerprint density at radius 1 is 1.29 bits per heavy atom. The maximum absolute atomic E-state index is 4.91. The molecule has 0 spiro atoms. The van der Waals surface area contributed by atoms with Gasteiger partial charge in [-0.3, -0.25) is 4.99 Å². The number of hydrogen-bond acceptors (Lipinski definition) is 1. The van der Waals surface area contributed by atoms with Crippen molar-refractivity contribution >= 4 is 5.71 Å². The van der Waals surface area contributed by atoms with Crippen LogP contribution in [-0.2, 0) is 0 Å². The van der Waals surface area contributed by atoms with Crippen LogP contribution >= 0.6 is 0 Å². The van der Waals surface area contributed by atoms with E-state index in [0.29, 0.717) is 6.04 Å². The van der Waals surface area contributed by atoms with Gasteiger partial charge in [-0.05, 0) is 56.8 Å². The fraction of sp³-hybridized carbons (Fsp3) is 0.923. The van der Waals surface area contributed by atoms with E-state index in [4.69, 9.17) is 4.99 Å². The van der Waals surface area contributed by atoms with Crippen LogP contribution in [0.1, 0.15) is 52.9 Å². The van der Waals surface area contributed by atoms with Crippen LogP contribution in [0.3, 0.4) is 0 Å². The van der Waals surface area contributed by atoms with Crippen molar-refractivity contribution in [2.75, 3.05) is 0 Å². The van der Waals surface area contributed by atoms with E-state index in [1.165, 1.54) is 37.8 Å². The SMILES string of the molecule is CCC1CC2CC(C)CCC2N=C1C. The van der Waals surface area contributed by atoms with Crippen molar-refractivity contribution in [1.82, 2.24) is 0 Å². The molecule has 80 valence electrons. The fourth-order valence-corrected chi connectivity index (χ4v) is 3.27. The second-order valence-corrected chi connectivity index (χ2v) is 5.36. The molecule has 0 N–H and O–H groups in total. The first-order valence-corrected chi connectivity index (χ1v) is 6.25. The number of hydrogen-bond donors (Lipinski definition) is 0. The predicted octanol–water partition coefficient (Wildman–Crippen LogP) is 3.68. The van der Waals surface area contributed by atoms with Gasteiger partial charge in [0.15, 0.2) is 0 Å². The third-order valence-electron chi connectivity index (χ3n) is 4.24. The largest absolute Gasteiger partial charge is 0.291 e. The van der Waals surface area contributed by atoms with Crippen molar-refractivity contribution in [1.29, 1.82) is 0 Å². The number of fused-ring (bicyclic) bond motifs is 1. The summed E-state index contributed by atoms with van der Waals surface area (Å²) in [4.78, 5) is 4.91. The average molecular weight is 193 g/mol. The molecule has 14 heavy (non-hydrogen) atoms. The minimum Gasteiger partial charge on any atom is -0.291 e. The van der Waals surface area contributed by atoms with Gasteiger partial charge in [-0.1, -0.05) is 13.8 Å². The Hall–Kier alpha value is -0.330. The highest BCUT2D eigenvalue weighted by molar-refractivity contribution is 5.85. The van der Waals surface area contributed by atoms with Gasteiger partial charge in [0.1, 0.15) is 0 Å². The maximum Gasteiger partial charge on any atom is 0.0527 e. The van der Waals surface area contributed by atoms with Gasteiger partial charge in [0.25, 0.3) is 0 Å². The molecule has 1 nitrogen and oxygen atoms in total. The van der Waals surface area contributed by atoms with Crippen molar-refractivity contribution in [3.63, 3.8) is 0 Å². The molecular formula is C13H23N. The van der Waals surface area contributed by atoms with E-state index in [1.54, 1.807) is 0 Å². The van der Waals surface area contributed by atoms with Crippen LogP contribution in [0.25, 0.3) is 0 Å². The minimum atomic E-state index is 0.689. The first kappa shape index (κ1) is 10.2. The summed E-state index contributed by atoms with van der Waals surface area (Å²) in [6, 6.07) is 0.689. The molecule has 2 aliphatic rings. The second-order valence-electron chi connectivity index (χ2n) is 5.36. The zero-order valence-corrected chi connectivity index (χ0v) is 9.79. The molecule has 1 aliphatic carbocycles. The molecular weight excluding hydrogens is 170 g/mol. The van der Waals surface area contributed by atoms with Crippen LogP contribution in [0.2, 0.25) is 0 Å². The average Bonchev–Trinajstić information content (AvgIpc) is 2.17. The molecule has 0 bridgehead atoms. The molecule has 0 radical (unpaired) electrons. The molecule has 1 aliphatic heterocycles. The molecule has 0 aromatic heterocycles. The van der Waals surface area contributed by atoms with E-state index in [2.05, 4.69) is 20.8 Å². The van der Waals surface area contributed by atoms with Crippen molar-refractivity contribution in [2.24, 2.45) is 22.7 Å². The molecule has 1 saturated carbocycles. The van der Waals surface area contributed by atoms with E-state index in [9.17, 15) is 0 Å². The standard InChI is InChI=1S/C13H23N/c1-4-11-8-12-7-9(2)5-6-13(12)14-10(11)3/h9,11-13H,4-8H2,1-3H3. The van der Waals surface area contributed by atoms with Crippen LogP contribution in [0.5, 0.6) is 0 Å². The summed E-state index contributed by atoms with van der Waals surface area (Å²) in [5, 5.41) is 0. The molecule has 4 atom stereocenters. The number of aliphatic imine (C=N–C) groups is 1. The van der Waals surface area contributed by atoms with Crippen molar-refractivity contribution in [3.8, 4) is 0 Å². The Kier molecular flexibility index (Phi) is 2.94. The van der Waals surface area contributed by atoms with Gasteiger partial charge >= 0.3 is 0 Å². The summed E-state index contributed by atoms with van der Waals surface area (Å²) in [5.74, 6) is 2.65. The molecule has 1 heteroatoms. The van der Waals surface area contributed by atoms with Crippen molar-refractivity contribution in [2.45, 2.75) is 58.9 Å². The van der Waals surface area contributed by atoms with E-state index in [-0.39, 0.29) is 0 Å². The Bertz CT molecular complexity index is 231. The second kappa shape index (κ2) is 4.04. The van der Waals surface area contributed by atoms with Gasteiger partial charge in [0.05, 0.1) is 6.04 Å². The van der Waals surface area contributed by atoms with E-state index in [0.717, 1.165) is 17.8 Å². The van der Waals surface area contributed by atoms with Crippen molar-refractivity contribution in [3.05, 3.63) is 0 Å². The maximum atomic E-state index is 4.91. The van der Waals surface area contributed by atoms with Gasteiger partial charge in [-0.25, -0.2) is 0 Å². The zero-order chi connectivity index (χ0) is 10.1. The highest BCUT2D eigenvalue weighted by atomic mass is 14.8. The van der Waals surface area contributed by atoms with Gasteiger partial charge in [-0.2, -0.15) is 0 Å². The Labute approximate surface area is 88.0 Å². The molecule has 0 aromatic carbocycles. The summed E-state index contributed by atoms with van der Waals surface area (Å²) in [7, 11) is 0. The highest BCUT2D eigenvalue weighted by Gasteiger charge is 2.33. The molecule has 1 fully saturated rings. The van der Waals surface area contributed by atoms with E-state index in [1.807, 2.05) is 0 Å². The molecule has 0 saturated heterocycles. The molecule has 1 heterocycles. The smallest absolute Gasteiger partial charge is 0.0527 e. The summed E-state index contributed by atoms with van der Waals surface area (Å²) in [6.07, 6.45) is 6.88. The highest BCUT2D eigenvalue weighted by Crippen LogP contribution is 2.39. The third kappa shape index (κ3) is 1.87. The number of nitrogens with zero attached hydrogens (tertiary/aromatic N) is 1. The monoisotopic (exact) mass is 193 g/mol. The molecule has 0 aromatic rings. The van der Waals surface area contributed by atoms with Gasteiger partial charge in [0.2, 0.25) is 0 Å². The normalized spacial score (nSPS) is 42.9. The summed E-state index contributed by atoms with van der Waals surface area (Å²) in [6.45, 7) is 6.95.